The van der Waals surface area contributed by atoms with Crippen LogP contribution < -0.4 is 0 Å². The van der Waals surface area contributed by atoms with Crippen LogP contribution in [0.25, 0.3) is 11.1 Å². The third-order valence-corrected chi connectivity index (χ3v) is 2.30. The molecule has 2 aromatic rings. The van der Waals surface area contributed by atoms with E-state index in [1.165, 1.54) is 0 Å². The Morgan fingerprint density at radius 1 is 1.07 bits per heavy atom. The molecule has 0 aliphatic heterocycles. The Kier molecular flexibility index (Phi) is 2.79. The zero-order valence-corrected chi connectivity index (χ0v) is 8.61. The Bertz CT molecular complexity index is 482. The molecule has 0 bridgehead atoms. The van der Waals surface area contributed by atoms with Crippen molar-refractivity contribution in [2.24, 2.45) is 0 Å². The molecule has 2 nitrogen and oxygen atoms in total. The molecule has 0 spiro atoms. The summed E-state index contributed by atoms with van der Waals surface area (Å²) in [5, 5.41) is 0.330. The van der Waals surface area contributed by atoms with Gasteiger partial charge in [-0.3, -0.25) is 4.79 Å². The highest BCUT2D eigenvalue weighted by molar-refractivity contribution is 6.29. The topological polar surface area (TPSA) is 30.0 Å². The molecule has 0 aliphatic carbocycles. The second kappa shape index (κ2) is 4.24. The summed E-state index contributed by atoms with van der Waals surface area (Å²) in [6, 6.07) is 13.1. The number of carbonyl (C=O) groups excluding carboxylic acids is 1. The zero-order chi connectivity index (χ0) is 10.7. The first-order chi connectivity index (χ1) is 7.31. The minimum atomic E-state index is 0.330. The van der Waals surface area contributed by atoms with E-state index in [9.17, 15) is 4.79 Å². The number of halogens is 1. The molecular weight excluding hydrogens is 210 g/mol. The summed E-state index contributed by atoms with van der Waals surface area (Å²) in [6.07, 6.45) is 0.716. The van der Waals surface area contributed by atoms with Crippen LogP contribution in [-0.4, -0.2) is 11.3 Å². The Hall–Kier alpha value is -1.67. The van der Waals surface area contributed by atoms with Crippen LogP contribution in [0.3, 0.4) is 0 Å². The van der Waals surface area contributed by atoms with Gasteiger partial charge in [0.15, 0.2) is 6.29 Å². The van der Waals surface area contributed by atoms with Crippen LogP contribution in [0.4, 0.5) is 0 Å². The molecule has 3 heteroatoms. The van der Waals surface area contributed by atoms with Gasteiger partial charge < -0.3 is 0 Å². The summed E-state index contributed by atoms with van der Waals surface area (Å²) in [7, 11) is 0. The van der Waals surface area contributed by atoms with E-state index in [2.05, 4.69) is 4.98 Å². The first-order valence-corrected chi connectivity index (χ1v) is 4.86. The molecular formula is C12H8ClNO. The molecule has 0 fully saturated rings. The van der Waals surface area contributed by atoms with Crippen molar-refractivity contribution in [3.05, 3.63) is 53.3 Å². The van der Waals surface area contributed by atoms with Gasteiger partial charge >= 0.3 is 0 Å². The maximum absolute atomic E-state index is 10.8. The van der Waals surface area contributed by atoms with E-state index in [-0.39, 0.29) is 0 Å². The summed E-state index contributed by atoms with van der Waals surface area (Å²) in [4.78, 5) is 14.8. The summed E-state index contributed by atoms with van der Waals surface area (Å²) in [5.74, 6) is 0. The van der Waals surface area contributed by atoms with Gasteiger partial charge in [0, 0.05) is 5.56 Å². The van der Waals surface area contributed by atoms with Crippen molar-refractivity contribution in [3.63, 3.8) is 0 Å². The standard InChI is InChI=1S/C12H8ClNO/c13-12-7-6-10(11(8-15)14-12)9-4-2-1-3-5-9/h1-8H. The Morgan fingerprint density at radius 2 is 1.80 bits per heavy atom. The van der Waals surface area contributed by atoms with Crippen LogP contribution in [0.15, 0.2) is 42.5 Å². The van der Waals surface area contributed by atoms with Gasteiger partial charge in [-0.25, -0.2) is 4.98 Å². The van der Waals surface area contributed by atoms with Crippen molar-refractivity contribution in [3.8, 4) is 11.1 Å². The smallest absolute Gasteiger partial charge is 0.169 e. The highest BCUT2D eigenvalue weighted by atomic mass is 35.5. The molecule has 0 saturated carbocycles. The van der Waals surface area contributed by atoms with Crippen LogP contribution in [0.5, 0.6) is 0 Å². The van der Waals surface area contributed by atoms with Crippen LogP contribution in [0, 0.1) is 0 Å². The Morgan fingerprint density at radius 3 is 2.47 bits per heavy atom. The fraction of sp³-hybridized carbons (Fsp3) is 0. The fourth-order valence-electron chi connectivity index (χ4n) is 1.40. The molecule has 0 unspecified atom stereocenters. The van der Waals surface area contributed by atoms with Crippen LogP contribution in [0.2, 0.25) is 5.15 Å². The fourth-order valence-corrected chi connectivity index (χ4v) is 1.56. The average molecular weight is 218 g/mol. The predicted molar refractivity (Wildman–Crippen MR) is 60.1 cm³/mol. The van der Waals surface area contributed by atoms with Gasteiger partial charge in [0.1, 0.15) is 10.8 Å². The minimum Gasteiger partial charge on any atom is -0.296 e. The first kappa shape index (κ1) is 9.87. The number of aromatic nitrogens is 1. The number of carbonyl (C=O) groups is 1. The monoisotopic (exact) mass is 217 g/mol. The Labute approximate surface area is 92.5 Å². The van der Waals surface area contributed by atoms with E-state index in [1.54, 1.807) is 12.1 Å². The maximum Gasteiger partial charge on any atom is 0.169 e. The van der Waals surface area contributed by atoms with Gasteiger partial charge in [0.2, 0.25) is 0 Å². The molecule has 1 aromatic carbocycles. The van der Waals surface area contributed by atoms with Crippen LogP contribution in [0.1, 0.15) is 10.5 Å². The van der Waals surface area contributed by atoms with Crippen molar-refractivity contribution >= 4 is 17.9 Å². The molecule has 0 aliphatic rings. The van der Waals surface area contributed by atoms with E-state index < -0.39 is 0 Å². The number of nitrogens with zero attached hydrogens (tertiary/aromatic N) is 1. The number of benzene rings is 1. The quantitative estimate of drug-likeness (QED) is 0.571. The Balaban J connectivity index is 2.58. The SMILES string of the molecule is O=Cc1nc(Cl)ccc1-c1ccccc1. The molecule has 15 heavy (non-hydrogen) atoms. The predicted octanol–water partition coefficient (Wildman–Crippen LogP) is 3.21. The molecule has 1 aromatic heterocycles. The second-order valence-electron chi connectivity index (χ2n) is 3.05. The van der Waals surface area contributed by atoms with E-state index >= 15 is 0 Å². The number of rotatable bonds is 2. The van der Waals surface area contributed by atoms with Crippen molar-refractivity contribution in [1.29, 1.82) is 0 Å². The third-order valence-electron chi connectivity index (χ3n) is 2.09. The normalized spacial score (nSPS) is 9.93. The molecule has 0 saturated heterocycles. The van der Waals surface area contributed by atoms with Crippen molar-refractivity contribution in [1.82, 2.24) is 4.98 Å². The third kappa shape index (κ3) is 2.05. The highest BCUT2D eigenvalue weighted by Gasteiger charge is 2.05. The van der Waals surface area contributed by atoms with Crippen molar-refractivity contribution < 1.29 is 4.79 Å². The maximum atomic E-state index is 10.8. The van der Waals surface area contributed by atoms with Crippen LogP contribution in [-0.2, 0) is 0 Å². The number of hydrogen-bond donors (Lipinski definition) is 0. The van der Waals surface area contributed by atoms with E-state index in [1.807, 2.05) is 30.3 Å². The molecule has 1 heterocycles. The molecule has 2 rings (SSSR count). The van der Waals surface area contributed by atoms with Gasteiger partial charge in [-0.05, 0) is 17.7 Å². The molecule has 0 atom stereocenters. The minimum absolute atomic E-state index is 0.330. The summed E-state index contributed by atoms with van der Waals surface area (Å²) in [6.45, 7) is 0. The number of aldehydes is 1. The summed E-state index contributed by atoms with van der Waals surface area (Å²) >= 11 is 5.71. The van der Waals surface area contributed by atoms with E-state index in [4.69, 9.17) is 11.6 Å². The lowest BCUT2D eigenvalue weighted by Gasteiger charge is -2.03. The van der Waals surface area contributed by atoms with Gasteiger partial charge in [-0.15, -0.1) is 0 Å². The molecule has 0 radical (unpaired) electrons. The second-order valence-corrected chi connectivity index (χ2v) is 3.44. The average Bonchev–Trinajstić information content (AvgIpc) is 2.30. The van der Waals surface area contributed by atoms with Gasteiger partial charge in [-0.1, -0.05) is 41.9 Å². The van der Waals surface area contributed by atoms with Gasteiger partial charge in [0.25, 0.3) is 0 Å². The summed E-state index contributed by atoms with van der Waals surface area (Å²) in [5.41, 5.74) is 2.13. The lowest BCUT2D eigenvalue weighted by Crippen LogP contribution is -1.92. The largest absolute Gasteiger partial charge is 0.296 e. The van der Waals surface area contributed by atoms with Gasteiger partial charge in [0.05, 0.1) is 0 Å². The lowest BCUT2D eigenvalue weighted by atomic mass is 10.1. The van der Waals surface area contributed by atoms with Gasteiger partial charge in [-0.2, -0.15) is 0 Å². The zero-order valence-electron chi connectivity index (χ0n) is 7.85. The molecule has 0 N–H and O–H groups in total. The van der Waals surface area contributed by atoms with Crippen molar-refractivity contribution in [2.45, 2.75) is 0 Å². The number of pyridine rings is 1. The van der Waals surface area contributed by atoms with E-state index in [0.717, 1.165) is 11.1 Å². The lowest BCUT2D eigenvalue weighted by molar-refractivity contribution is 0.111. The molecule has 0 amide bonds. The highest BCUT2D eigenvalue weighted by Crippen LogP contribution is 2.22. The first-order valence-electron chi connectivity index (χ1n) is 4.48. The van der Waals surface area contributed by atoms with E-state index in [0.29, 0.717) is 17.1 Å². The number of hydrogen-bond acceptors (Lipinski definition) is 2. The van der Waals surface area contributed by atoms with Crippen LogP contribution >= 0.6 is 11.6 Å². The molecule has 74 valence electrons. The summed E-state index contributed by atoms with van der Waals surface area (Å²) < 4.78 is 0. The van der Waals surface area contributed by atoms with Crippen molar-refractivity contribution in [2.75, 3.05) is 0 Å².